The Morgan fingerprint density at radius 3 is 2.28 bits per heavy atom. The Hall–Kier alpha value is -2.23. The first kappa shape index (κ1) is 17.6. The Labute approximate surface area is 145 Å². The summed E-state index contributed by atoms with van der Waals surface area (Å²) in [7, 11) is -3.49. The van der Waals surface area contributed by atoms with Gasteiger partial charge in [0, 0.05) is 26.2 Å². The minimum Gasteiger partial charge on any atom is -0.404 e. The molecule has 0 spiro atoms. The van der Waals surface area contributed by atoms with Gasteiger partial charge in [0.1, 0.15) is 10.7 Å². The van der Waals surface area contributed by atoms with Gasteiger partial charge >= 0.3 is 5.88 Å². The van der Waals surface area contributed by atoms with Crippen LogP contribution in [0, 0.1) is 17.0 Å². The molecule has 134 valence electrons. The molecule has 0 saturated carbocycles. The zero-order valence-electron chi connectivity index (χ0n) is 13.8. The topological polar surface area (TPSA) is 96.9 Å². The number of nitro groups is 1. The first-order valence-electron chi connectivity index (χ1n) is 7.88. The van der Waals surface area contributed by atoms with Crippen LogP contribution >= 0.6 is 0 Å². The molecule has 1 fully saturated rings. The molecule has 25 heavy (non-hydrogen) atoms. The molecule has 3 rings (SSSR count). The van der Waals surface area contributed by atoms with Crippen molar-refractivity contribution >= 4 is 15.9 Å². The molecule has 1 aromatic heterocycles. The van der Waals surface area contributed by atoms with Crippen LogP contribution in [0.15, 0.2) is 45.7 Å². The van der Waals surface area contributed by atoms with Crippen LogP contribution in [0.5, 0.6) is 0 Å². The molecule has 0 aliphatic carbocycles. The van der Waals surface area contributed by atoms with Crippen molar-refractivity contribution in [3.8, 4) is 0 Å². The van der Waals surface area contributed by atoms with E-state index in [2.05, 4.69) is 0 Å². The van der Waals surface area contributed by atoms with Crippen molar-refractivity contribution in [3.63, 3.8) is 0 Å². The lowest BCUT2D eigenvalue weighted by Crippen LogP contribution is -2.48. The molecule has 9 heteroatoms. The fourth-order valence-electron chi connectivity index (χ4n) is 2.76. The van der Waals surface area contributed by atoms with Crippen molar-refractivity contribution in [1.82, 2.24) is 9.21 Å². The average molecular weight is 365 g/mol. The maximum atomic E-state index is 12.7. The molecule has 1 saturated heterocycles. The first-order chi connectivity index (χ1) is 11.9. The molecular weight excluding hydrogens is 346 g/mol. The van der Waals surface area contributed by atoms with E-state index in [1.807, 2.05) is 11.8 Å². The summed E-state index contributed by atoms with van der Waals surface area (Å²) >= 11 is 0. The van der Waals surface area contributed by atoms with Crippen LogP contribution in [0.4, 0.5) is 5.88 Å². The highest BCUT2D eigenvalue weighted by Gasteiger charge is 2.28. The van der Waals surface area contributed by atoms with E-state index < -0.39 is 14.9 Å². The van der Waals surface area contributed by atoms with Gasteiger partial charge in [-0.1, -0.05) is 17.7 Å². The average Bonchev–Trinajstić information content (AvgIpc) is 3.04. The lowest BCUT2D eigenvalue weighted by molar-refractivity contribution is -0.402. The third kappa shape index (κ3) is 3.89. The van der Waals surface area contributed by atoms with Crippen LogP contribution in [0.1, 0.15) is 11.3 Å². The van der Waals surface area contributed by atoms with Crippen molar-refractivity contribution in [2.75, 3.05) is 26.2 Å². The lowest BCUT2D eigenvalue weighted by atomic mass is 10.2. The smallest absolute Gasteiger partial charge is 0.404 e. The number of aryl methyl sites for hydroxylation is 1. The Morgan fingerprint density at radius 1 is 1.08 bits per heavy atom. The second-order valence-electron chi connectivity index (χ2n) is 5.99. The van der Waals surface area contributed by atoms with Crippen LogP contribution < -0.4 is 0 Å². The fraction of sp³-hybridized carbons (Fsp3) is 0.375. The highest BCUT2D eigenvalue weighted by atomic mass is 32.2. The molecule has 0 bridgehead atoms. The van der Waals surface area contributed by atoms with E-state index in [4.69, 9.17) is 4.42 Å². The summed E-state index contributed by atoms with van der Waals surface area (Å²) in [5.74, 6) is 0.220. The third-order valence-corrected chi connectivity index (χ3v) is 6.11. The minimum atomic E-state index is -3.49. The highest BCUT2D eigenvalue weighted by molar-refractivity contribution is 7.89. The molecule has 2 aromatic rings. The molecule has 8 nitrogen and oxygen atoms in total. The Bertz CT molecular complexity index is 852. The normalized spacial score (nSPS) is 16.8. The van der Waals surface area contributed by atoms with Gasteiger partial charge in [-0.15, -0.1) is 0 Å². The van der Waals surface area contributed by atoms with Crippen LogP contribution in [0.2, 0.25) is 0 Å². The van der Waals surface area contributed by atoms with Crippen LogP contribution in [0.3, 0.4) is 0 Å². The zero-order chi connectivity index (χ0) is 18.0. The molecule has 2 heterocycles. The molecule has 0 atom stereocenters. The van der Waals surface area contributed by atoms with Crippen molar-refractivity contribution in [2.45, 2.75) is 18.4 Å². The van der Waals surface area contributed by atoms with Gasteiger partial charge in [-0.25, -0.2) is 8.42 Å². The van der Waals surface area contributed by atoms with Gasteiger partial charge in [0.25, 0.3) is 0 Å². The molecule has 1 aliphatic rings. The molecular formula is C16H19N3O5S. The number of sulfonamides is 1. The van der Waals surface area contributed by atoms with Crippen molar-refractivity contribution in [3.05, 3.63) is 57.8 Å². The number of nitrogens with zero attached hydrogens (tertiary/aromatic N) is 3. The summed E-state index contributed by atoms with van der Waals surface area (Å²) in [5.41, 5.74) is 1.01. The number of benzene rings is 1. The predicted molar refractivity (Wildman–Crippen MR) is 90.6 cm³/mol. The van der Waals surface area contributed by atoms with Crippen molar-refractivity contribution in [2.24, 2.45) is 0 Å². The van der Waals surface area contributed by atoms with E-state index in [0.29, 0.717) is 43.4 Å². The fourth-order valence-corrected chi connectivity index (χ4v) is 4.18. The number of rotatable bonds is 5. The van der Waals surface area contributed by atoms with E-state index in [0.717, 1.165) is 5.56 Å². The summed E-state index contributed by atoms with van der Waals surface area (Å²) in [6.07, 6.45) is 0. The summed E-state index contributed by atoms with van der Waals surface area (Å²) in [4.78, 5) is 12.4. The van der Waals surface area contributed by atoms with E-state index in [-0.39, 0.29) is 5.88 Å². The summed E-state index contributed by atoms with van der Waals surface area (Å²) in [6, 6.07) is 9.72. The lowest BCUT2D eigenvalue weighted by Gasteiger charge is -2.33. The monoisotopic (exact) mass is 365 g/mol. The second kappa shape index (κ2) is 6.95. The maximum Gasteiger partial charge on any atom is 0.433 e. The molecule has 0 unspecified atom stereocenters. The van der Waals surface area contributed by atoms with Gasteiger partial charge in [0.05, 0.1) is 17.5 Å². The summed E-state index contributed by atoms with van der Waals surface area (Å²) < 4.78 is 31.9. The number of hydrogen-bond acceptors (Lipinski definition) is 6. The Balaban J connectivity index is 1.61. The number of piperazine rings is 1. The predicted octanol–water partition coefficient (Wildman–Crippen LogP) is 2.00. The minimum absolute atomic E-state index is 0.282. The number of furan rings is 1. The third-order valence-electron chi connectivity index (χ3n) is 4.20. The standard InChI is InChI=1S/C16H19N3O5S/c1-13-2-5-15(6-3-13)25(22,23)18-10-8-17(9-11-18)12-14-4-7-16(24-14)19(20)21/h2-7H,8-12H2,1H3. The van der Waals surface area contributed by atoms with Crippen LogP contribution in [-0.4, -0.2) is 48.7 Å². The van der Waals surface area contributed by atoms with Gasteiger partial charge in [0.15, 0.2) is 0 Å². The first-order valence-corrected chi connectivity index (χ1v) is 9.32. The zero-order valence-corrected chi connectivity index (χ0v) is 14.6. The molecule has 0 N–H and O–H groups in total. The molecule has 1 aliphatic heterocycles. The van der Waals surface area contributed by atoms with E-state index in [1.165, 1.54) is 10.4 Å². The number of hydrogen-bond donors (Lipinski definition) is 0. The largest absolute Gasteiger partial charge is 0.433 e. The summed E-state index contributed by atoms with van der Waals surface area (Å²) in [5, 5.41) is 10.6. The molecule has 0 amide bonds. The molecule has 1 aromatic carbocycles. The van der Waals surface area contributed by atoms with Gasteiger partial charge < -0.3 is 4.42 Å². The van der Waals surface area contributed by atoms with E-state index in [1.54, 1.807) is 30.3 Å². The Kier molecular flexibility index (Phi) is 4.89. The van der Waals surface area contributed by atoms with Gasteiger partial charge in [-0.2, -0.15) is 4.31 Å². The van der Waals surface area contributed by atoms with E-state index >= 15 is 0 Å². The van der Waals surface area contributed by atoms with Crippen LogP contribution in [-0.2, 0) is 16.6 Å². The van der Waals surface area contributed by atoms with Crippen molar-refractivity contribution in [1.29, 1.82) is 0 Å². The maximum absolute atomic E-state index is 12.7. The second-order valence-corrected chi connectivity index (χ2v) is 7.93. The van der Waals surface area contributed by atoms with Gasteiger partial charge in [0.2, 0.25) is 10.0 Å². The highest BCUT2D eigenvalue weighted by Crippen LogP contribution is 2.21. The Morgan fingerprint density at radius 2 is 1.72 bits per heavy atom. The van der Waals surface area contributed by atoms with Crippen LogP contribution in [0.25, 0.3) is 0 Å². The van der Waals surface area contributed by atoms with E-state index in [9.17, 15) is 18.5 Å². The van der Waals surface area contributed by atoms with Gasteiger partial charge in [-0.3, -0.25) is 15.0 Å². The van der Waals surface area contributed by atoms with Gasteiger partial charge in [-0.05, 0) is 25.1 Å². The van der Waals surface area contributed by atoms with Crippen molar-refractivity contribution < 1.29 is 17.8 Å². The summed E-state index contributed by atoms with van der Waals surface area (Å²) in [6.45, 7) is 4.16. The molecule has 0 radical (unpaired) electrons. The SMILES string of the molecule is Cc1ccc(S(=O)(=O)N2CCN(Cc3ccc([N+](=O)[O-])o3)CC2)cc1. The quantitative estimate of drug-likeness (QED) is 0.594.